The lowest BCUT2D eigenvalue weighted by Gasteiger charge is -2.18. The second-order valence-corrected chi connectivity index (χ2v) is 6.10. The number of imidazole rings is 1. The van der Waals surface area contributed by atoms with E-state index in [1.54, 1.807) is 6.33 Å². The van der Waals surface area contributed by atoms with Gasteiger partial charge in [0.05, 0.1) is 12.0 Å². The molecule has 2 aromatic rings. The van der Waals surface area contributed by atoms with Crippen LogP contribution in [-0.2, 0) is 7.05 Å². The van der Waals surface area contributed by atoms with Crippen LogP contribution in [0.15, 0.2) is 24.9 Å². The summed E-state index contributed by atoms with van der Waals surface area (Å²) in [6, 6.07) is 2.15. The van der Waals surface area contributed by atoms with E-state index < -0.39 is 0 Å². The van der Waals surface area contributed by atoms with Crippen LogP contribution in [0.1, 0.15) is 37.1 Å². The molecule has 6 nitrogen and oxygen atoms in total. The maximum absolute atomic E-state index is 6.31. The van der Waals surface area contributed by atoms with Crippen molar-refractivity contribution < 1.29 is 0 Å². The highest BCUT2D eigenvalue weighted by Gasteiger charge is 2.33. The molecule has 0 saturated carbocycles. The van der Waals surface area contributed by atoms with Gasteiger partial charge in [-0.15, -0.1) is 0 Å². The third kappa shape index (κ3) is 2.76. The van der Waals surface area contributed by atoms with E-state index in [1.165, 1.54) is 0 Å². The molecule has 1 fully saturated rings. The lowest BCUT2D eigenvalue weighted by Crippen LogP contribution is -2.29. The molecule has 0 aliphatic carbocycles. The highest BCUT2D eigenvalue weighted by Crippen LogP contribution is 2.29. The summed E-state index contributed by atoms with van der Waals surface area (Å²) in [7, 11) is 1.98. The second kappa shape index (κ2) is 5.44. The fourth-order valence-electron chi connectivity index (χ4n) is 2.80. The van der Waals surface area contributed by atoms with Crippen LogP contribution >= 0.6 is 0 Å². The van der Waals surface area contributed by atoms with Gasteiger partial charge in [0.2, 0.25) is 0 Å². The highest BCUT2D eigenvalue weighted by atomic mass is 15.2. The van der Waals surface area contributed by atoms with E-state index >= 15 is 0 Å². The molecule has 0 spiro atoms. The van der Waals surface area contributed by atoms with Gasteiger partial charge in [0.1, 0.15) is 12.1 Å². The van der Waals surface area contributed by atoms with E-state index in [0.717, 1.165) is 30.3 Å². The van der Waals surface area contributed by atoms with Crippen molar-refractivity contribution in [2.45, 2.75) is 31.7 Å². The first-order chi connectivity index (χ1) is 10.0. The van der Waals surface area contributed by atoms with Gasteiger partial charge in [-0.2, -0.15) is 0 Å². The zero-order chi connectivity index (χ0) is 15.0. The fraction of sp³-hybridized carbons (Fsp3) is 0.533. The Hall–Kier alpha value is -1.95. The summed E-state index contributed by atoms with van der Waals surface area (Å²) in [5.41, 5.74) is 8.44. The summed E-state index contributed by atoms with van der Waals surface area (Å²) >= 11 is 0. The van der Waals surface area contributed by atoms with Gasteiger partial charge in [-0.05, 0) is 5.92 Å². The molecule has 6 heteroatoms. The molecular formula is C15H22N6. The van der Waals surface area contributed by atoms with Crippen LogP contribution < -0.4 is 10.6 Å². The number of aryl methyl sites for hydroxylation is 1. The molecule has 2 atom stereocenters. The van der Waals surface area contributed by atoms with Gasteiger partial charge in [0, 0.05) is 50.1 Å². The third-order valence-electron chi connectivity index (χ3n) is 4.06. The van der Waals surface area contributed by atoms with E-state index in [2.05, 4.69) is 39.8 Å². The molecule has 0 aromatic carbocycles. The lowest BCUT2D eigenvalue weighted by atomic mass is 10.0. The first-order valence-corrected chi connectivity index (χ1v) is 7.35. The van der Waals surface area contributed by atoms with Crippen molar-refractivity contribution in [2.75, 3.05) is 18.0 Å². The number of hydrogen-bond acceptors (Lipinski definition) is 5. The third-order valence-corrected chi connectivity index (χ3v) is 4.06. The Bertz CT molecular complexity index is 620. The van der Waals surface area contributed by atoms with Crippen molar-refractivity contribution in [1.82, 2.24) is 19.5 Å². The molecular weight excluding hydrogens is 264 g/mol. The van der Waals surface area contributed by atoms with E-state index in [0.29, 0.717) is 5.92 Å². The van der Waals surface area contributed by atoms with E-state index in [-0.39, 0.29) is 12.0 Å². The van der Waals surface area contributed by atoms with Gasteiger partial charge in [-0.3, -0.25) is 0 Å². The van der Waals surface area contributed by atoms with Gasteiger partial charge >= 0.3 is 0 Å². The minimum absolute atomic E-state index is 0.0809. The van der Waals surface area contributed by atoms with Gasteiger partial charge in [-0.25, -0.2) is 15.0 Å². The molecule has 3 heterocycles. The van der Waals surface area contributed by atoms with Gasteiger partial charge in [0.25, 0.3) is 0 Å². The zero-order valence-electron chi connectivity index (χ0n) is 12.8. The van der Waals surface area contributed by atoms with Crippen LogP contribution in [0.4, 0.5) is 5.82 Å². The number of hydrogen-bond donors (Lipinski definition) is 1. The maximum Gasteiger partial charge on any atom is 0.132 e. The highest BCUT2D eigenvalue weighted by molar-refractivity contribution is 5.43. The van der Waals surface area contributed by atoms with Crippen molar-refractivity contribution in [3.63, 3.8) is 0 Å². The number of nitrogens with two attached hydrogens (primary N) is 1. The lowest BCUT2D eigenvalue weighted by molar-refractivity contribution is 0.639. The zero-order valence-corrected chi connectivity index (χ0v) is 12.8. The van der Waals surface area contributed by atoms with E-state index in [1.807, 2.05) is 24.1 Å². The molecule has 0 amide bonds. The predicted octanol–water partition coefficient (Wildman–Crippen LogP) is 1.26. The summed E-state index contributed by atoms with van der Waals surface area (Å²) in [5, 5.41) is 0. The molecule has 1 saturated heterocycles. The Morgan fingerprint density at radius 3 is 2.71 bits per heavy atom. The van der Waals surface area contributed by atoms with Crippen molar-refractivity contribution in [3.8, 4) is 0 Å². The average Bonchev–Trinajstić information content (AvgIpc) is 3.05. The Morgan fingerprint density at radius 2 is 2.05 bits per heavy atom. The van der Waals surface area contributed by atoms with Crippen LogP contribution in [0.2, 0.25) is 0 Å². The molecule has 2 N–H and O–H groups in total. The summed E-state index contributed by atoms with van der Waals surface area (Å²) in [5.74, 6) is 1.61. The quantitative estimate of drug-likeness (QED) is 0.919. The number of nitrogens with zero attached hydrogens (tertiary/aromatic N) is 5. The monoisotopic (exact) mass is 286 g/mol. The van der Waals surface area contributed by atoms with Crippen LogP contribution in [0.25, 0.3) is 0 Å². The summed E-state index contributed by atoms with van der Waals surface area (Å²) < 4.78 is 1.96. The van der Waals surface area contributed by atoms with E-state index in [4.69, 9.17) is 5.73 Å². The van der Waals surface area contributed by atoms with Crippen molar-refractivity contribution in [3.05, 3.63) is 36.3 Å². The van der Waals surface area contributed by atoms with E-state index in [9.17, 15) is 0 Å². The minimum atomic E-state index is 0.0809. The normalized spacial score (nSPS) is 22.2. The Kier molecular flexibility index (Phi) is 3.63. The SMILES string of the molecule is CC(C)c1cc(N2C[C@@H](N)[C@H](c3cn(C)cn3)C2)ncn1. The van der Waals surface area contributed by atoms with Crippen LogP contribution in [-0.4, -0.2) is 38.7 Å². The summed E-state index contributed by atoms with van der Waals surface area (Å²) in [6.45, 7) is 5.93. The largest absolute Gasteiger partial charge is 0.354 e. The molecule has 0 unspecified atom stereocenters. The maximum atomic E-state index is 6.31. The molecule has 0 radical (unpaired) electrons. The van der Waals surface area contributed by atoms with Gasteiger partial charge in [0.15, 0.2) is 0 Å². The molecule has 21 heavy (non-hydrogen) atoms. The Morgan fingerprint density at radius 1 is 1.24 bits per heavy atom. The topological polar surface area (TPSA) is 72.9 Å². The molecule has 1 aliphatic rings. The summed E-state index contributed by atoms with van der Waals surface area (Å²) in [4.78, 5) is 15.4. The average molecular weight is 286 g/mol. The van der Waals surface area contributed by atoms with Crippen LogP contribution in [0, 0.1) is 0 Å². The molecule has 3 rings (SSSR count). The standard InChI is InChI=1S/C15H22N6/c1-10(2)13-4-15(18-8-17-13)21-5-11(12(16)6-21)14-7-20(3)9-19-14/h4,7-12H,5-6,16H2,1-3H3/t11-,12-/m1/s1. The van der Waals surface area contributed by atoms with Gasteiger partial charge < -0.3 is 15.2 Å². The van der Waals surface area contributed by atoms with Crippen LogP contribution in [0.3, 0.4) is 0 Å². The van der Waals surface area contributed by atoms with Gasteiger partial charge in [-0.1, -0.05) is 13.8 Å². The van der Waals surface area contributed by atoms with Crippen molar-refractivity contribution in [2.24, 2.45) is 12.8 Å². The molecule has 1 aliphatic heterocycles. The molecule has 2 aromatic heterocycles. The van der Waals surface area contributed by atoms with Crippen molar-refractivity contribution >= 4 is 5.82 Å². The minimum Gasteiger partial charge on any atom is -0.354 e. The number of rotatable bonds is 3. The van der Waals surface area contributed by atoms with Crippen LogP contribution in [0.5, 0.6) is 0 Å². The van der Waals surface area contributed by atoms with Crippen molar-refractivity contribution in [1.29, 1.82) is 0 Å². The number of aromatic nitrogens is 4. The smallest absolute Gasteiger partial charge is 0.132 e. The second-order valence-electron chi connectivity index (χ2n) is 6.10. The fourth-order valence-corrected chi connectivity index (χ4v) is 2.80. The summed E-state index contributed by atoms with van der Waals surface area (Å²) in [6.07, 6.45) is 5.52. The first kappa shape index (κ1) is 14.0. The Balaban J connectivity index is 1.81. The Labute approximate surface area is 125 Å². The predicted molar refractivity (Wildman–Crippen MR) is 82.3 cm³/mol. The first-order valence-electron chi connectivity index (χ1n) is 7.35. The molecule has 112 valence electrons. The number of anilines is 1. The molecule has 0 bridgehead atoms.